The summed E-state index contributed by atoms with van der Waals surface area (Å²) >= 11 is 1.80. The van der Waals surface area contributed by atoms with E-state index in [0.717, 1.165) is 25.9 Å². The normalized spacial score (nSPS) is 21.5. The minimum atomic E-state index is -0.134. The Morgan fingerprint density at radius 1 is 1.32 bits per heavy atom. The van der Waals surface area contributed by atoms with Gasteiger partial charge in [0.2, 0.25) is 0 Å². The molecule has 1 aromatic heterocycles. The zero-order valence-electron chi connectivity index (χ0n) is 12.6. The fraction of sp³-hybridized carbons (Fsp3) is 0.800. The molecular formula is C15H26N2OS. The summed E-state index contributed by atoms with van der Waals surface area (Å²) in [4.78, 5) is 5.94. The lowest BCUT2D eigenvalue weighted by molar-refractivity contribution is -0.0667. The van der Waals surface area contributed by atoms with Crippen molar-refractivity contribution in [3.05, 3.63) is 16.1 Å². The van der Waals surface area contributed by atoms with Gasteiger partial charge in [-0.05, 0) is 37.6 Å². The second-order valence-corrected chi connectivity index (χ2v) is 7.39. The van der Waals surface area contributed by atoms with Gasteiger partial charge >= 0.3 is 0 Å². The summed E-state index contributed by atoms with van der Waals surface area (Å²) in [5, 5.41) is 4.52. The van der Waals surface area contributed by atoms with Crippen molar-refractivity contribution >= 4 is 11.3 Å². The van der Waals surface area contributed by atoms with Gasteiger partial charge in [0.15, 0.2) is 0 Å². The summed E-state index contributed by atoms with van der Waals surface area (Å²) in [6.07, 6.45) is 6.60. The van der Waals surface area contributed by atoms with E-state index in [9.17, 15) is 0 Å². The molecule has 19 heavy (non-hydrogen) atoms. The fourth-order valence-corrected chi connectivity index (χ4v) is 3.79. The van der Waals surface area contributed by atoms with Crippen LogP contribution >= 0.6 is 11.3 Å². The average molecular weight is 282 g/mol. The number of rotatable bonds is 5. The average Bonchev–Trinajstić information content (AvgIpc) is 2.86. The molecule has 4 heteroatoms. The standard InChI is InChI=1S/C15H26N2OS/c1-5-16-10-12-11-17-13(19-12)15(18-4)8-6-14(2,3)7-9-15/h11,16H,5-10H2,1-4H3. The van der Waals surface area contributed by atoms with Crippen LogP contribution in [0.5, 0.6) is 0 Å². The summed E-state index contributed by atoms with van der Waals surface area (Å²) in [5.41, 5.74) is 0.316. The molecule has 0 aliphatic heterocycles. The highest BCUT2D eigenvalue weighted by Gasteiger charge is 2.41. The maximum absolute atomic E-state index is 5.90. The molecule has 108 valence electrons. The van der Waals surface area contributed by atoms with Crippen LogP contribution in [0.4, 0.5) is 0 Å². The number of nitrogens with zero attached hydrogens (tertiary/aromatic N) is 1. The van der Waals surface area contributed by atoms with Crippen molar-refractivity contribution in [2.45, 2.75) is 58.6 Å². The van der Waals surface area contributed by atoms with Gasteiger partial charge in [-0.2, -0.15) is 0 Å². The molecule has 1 saturated carbocycles. The van der Waals surface area contributed by atoms with Crippen molar-refractivity contribution < 1.29 is 4.74 Å². The maximum Gasteiger partial charge on any atom is 0.125 e. The van der Waals surface area contributed by atoms with Crippen LogP contribution in [0.2, 0.25) is 0 Å². The number of ether oxygens (including phenoxy) is 1. The molecule has 1 aliphatic rings. The molecule has 1 heterocycles. The van der Waals surface area contributed by atoms with Crippen molar-refractivity contribution in [2.24, 2.45) is 5.41 Å². The molecule has 0 amide bonds. The zero-order valence-corrected chi connectivity index (χ0v) is 13.4. The highest BCUT2D eigenvalue weighted by atomic mass is 32.1. The van der Waals surface area contributed by atoms with E-state index in [-0.39, 0.29) is 5.60 Å². The van der Waals surface area contributed by atoms with Gasteiger partial charge in [0.05, 0.1) is 0 Å². The number of thiazole rings is 1. The summed E-state index contributed by atoms with van der Waals surface area (Å²) < 4.78 is 5.90. The molecule has 1 N–H and O–H groups in total. The minimum Gasteiger partial charge on any atom is -0.371 e. The lowest BCUT2D eigenvalue weighted by Gasteiger charge is -2.41. The summed E-state index contributed by atoms with van der Waals surface area (Å²) in [5.74, 6) is 0. The van der Waals surface area contributed by atoms with E-state index in [4.69, 9.17) is 4.74 Å². The first-order chi connectivity index (χ1) is 9.01. The van der Waals surface area contributed by atoms with E-state index in [1.165, 1.54) is 22.7 Å². The molecule has 2 rings (SSSR count). The van der Waals surface area contributed by atoms with Crippen LogP contribution in [0.3, 0.4) is 0 Å². The fourth-order valence-electron chi connectivity index (χ4n) is 2.68. The molecule has 1 aromatic rings. The third-order valence-electron chi connectivity index (χ3n) is 4.29. The molecule has 0 bridgehead atoms. The van der Waals surface area contributed by atoms with Crippen LogP contribution in [0.25, 0.3) is 0 Å². The molecule has 0 spiro atoms. The monoisotopic (exact) mass is 282 g/mol. The molecule has 0 aromatic carbocycles. The number of methoxy groups -OCH3 is 1. The molecule has 0 saturated heterocycles. The summed E-state index contributed by atoms with van der Waals surface area (Å²) in [7, 11) is 1.84. The maximum atomic E-state index is 5.90. The molecule has 1 fully saturated rings. The topological polar surface area (TPSA) is 34.2 Å². The second-order valence-electron chi connectivity index (χ2n) is 6.27. The van der Waals surface area contributed by atoms with Crippen LogP contribution < -0.4 is 5.32 Å². The largest absolute Gasteiger partial charge is 0.371 e. The Balaban J connectivity index is 2.11. The minimum absolute atomic E-state index is 0.134. The first-order valence-corrected chi connectivity index (χ1v) is 8.04. The Kier molecular flexibility index (Phi) is 4.64. The molecule has 0 atom stereocenters. The smallest absolute Gasteiger partial charge is 0.125 e. The Bertz CT molecular complexity index is 404. The van der Waals surface area contributed by atoms with Gasteiger partial charge in [-0.3, -0.25) is 0 Å². The van der Waals surface area contributed by atoms with Gasteiger partial charge in [0.1, 0.15) is 10.6 Å². The van der Waals surface area contributed by atoms with E-state index in [2.05, 4.69) is 31.1 Å². The van der Waals surface area contributed by atoms with E-state index in [0.29, 0.717) is 5.41 Å². The predicted octanol–water partition coefficient (Wildman–Crippen LogP) is 3.69. The second kappa shape index (κ2) is 5.90. The Morgan fingerprint density at radius 3 is 2.58 bits per heavy atom. The van der Waals surface area contributed by atoms with Crippen molar-refractivity contribution in [3.8, 4) is 0 Å². The first-order valence-electron chi connectivity index (χ1n) is 7.22. The Hall–Kier alpha value is -0.450. The van der Waals surface area contributed by atoms with Gasteiger partial charge in [-0.25, -0.2) is 4.98 Å². The Labute approximate surface area is 120 Å². The van der Waals surface area contributed by atoms with E-state index in [1.54, 1.807) is 11.3 Å². The van der Waals surface area contributed by atoms with Crippen molar-refractivity contribution in [1.29, 1.82) is 0 Å². The Morgan fingerprint density at radius 2 is 2.00 bits per heavy atom. The van der Waals surface area contributed by atoms with Gasteiger partial charge in [0.25, 0.3) is 0 Å². The number of hydrogen-bond acceptors (Lipinski definition) is 4. The quantitative estimate of drug-likeness (QED) is 0.894. The van der Waals surface area contributed by atoms with Crippen molar-refractivity contribution in [2.75, 3.05) is 13.7 Å². The highest BCUT2D eigenvalue weighted by Crippen LogP contribution is 2.47. The van der Waals surface area contributed by atoms with Crippen LogP contribution in [0, 0.1) is 5.41 Å². The molecule has 0 radical (unpaired) electrons. The van der Waals surface area contributed by atoms with Crippen LogP contribution in [-0.2, 0) is 16.9 Å². The lowest BCUT2D eigenvalue weighted by atomic mass is 9.71. The van der Waals surface area contributed by atoms with Gasteiger partial charge in [-0.1, -0.05) is 20.8 Å². The van der Waals surface area contributed by atoms with E-state index >= 15 is 0 Å². The van der Waals surface area contributed by atoms with Gasteiger partial charge in [-0.15, -0.1) is 11.3 Å². The molecular weight excluding hydrogens is 256 g/mol. The SMILES string of the molecule is CCNCc1cnc(C2(OC)CCC(C)(C)CC2)s1. The van der Waals surface area contributed by atoms with E-state index in [1.807, 2.05) is 13.3 Å². The van der Waals surface area contributed by atoms with Gasteiger partial charge in [0, 0.05) is 24.7 Å². The highest BCUT2D eigenvalue weighted by molar-refractivity contribution is 7.11. The first kappa shape index (κ1) is 14.9. The summed E-state index contributed by atoms with van der Waals surface area (Å²) in [6, 6.07) is 0. The van der Waals surface area contributed by atoms with Crippen LogP contribution in [-0.4, -0.2) is 18.6 Å². The molecule has 3 nitrogen and oxygen atoms in total. The lowest BCUT2D eigenvalue weighted by Crippen LogP contribution is -2.36. The number of hydrogen-bond donors (Lipinski definition) is 1. The molecule has 1 aliphatic carbocycles. The molecule has 0 unspecified atom stereocenters. The third-order valence-corrected chi connectivity index (χ3v) is 5.48. The van der Waals surface area contributed by atoms with Crippen molar-refractivity contribution in [3.63, 3.8) is 0 Å². The van der Waals surface area contributed by atoms with Gasteiger partial charge < -0.3 is 10.1 Å². The number of nitrogens with one attached hydrogen (secondary N) is 1. The zero-order chi connectivity index (χ0) is 13.9. The van der Waals surface area contributed by atoms with Crippen molar-refractivity contribution in [1.82, 2.24) is 10.3 Å². The predicted molar refractivity (Wildman–Crippen MR) is 80.4 cm³/mol. The summed E-state index contributed by atoms with van der Waals surface area (Å²) in [6.45, 7) is 8.74. The van der Waals surface area contributed by atoms with Crippen LogP contribution in [0.15, 0.2) is 6.20 Å². The van der Waals surface area contributed by atoms with Crippen LogP contribution in [0.1, 0.15) is 56.3 Å². The van der Waals surface area contributed by atoms with E-state index < -0.39 is 0 Å². The number of aromatic nitrogens is 1. The third kappa shape index (κ3) is 3.36.